The third kappa shape index (κ3) is 5.88. The first-order valence-corrected chi connectivity index (χ1v) is 12.9. The minimum absolute atomic E-state index is 0.0176. The lowest BCUT2D eigenvalue weighted by molar-refractivity contribution is 0.0939. The molecule has 2 aromatic carbocycles. The fraction of sp³-hybridized carbons (Fsp3) is 0.227. The lowest BCUT2D eigenvalue weighted by Gasteiger charge is -2.16. The van der Waals surface area contributed by atoms with Crippen LogP contribution >= 0.6 is 0 Å². The number of furan rings is 1. The Hall–Kier alpha value is -2.99. The van der Waals surface area contributed by atoms with Crippen molar-refractivity contribution >= 4 is 26.0 Å². The minimum Gasteiger partial charge on any atom is -0.468 e. The second-order valence-electron chi connectivity index (χ2n) is 7.48. The molecule has 0 bridgehead atoms. The molecule has 0 spiro atoms. The zero-order valence-electron chi connectivity index (χ0n) is 18.3. The highest BCUT2D eigenvalue weighted by Gasteiger charge is 2.19. The number of carbonyl (C=O) groups is 1. The van der Waals surface area contributed by atoms with Gasteiger partial charge in [-0.25, -0.2) is 25.9 Å². The molecule has 1 aromatic heterocycles. The van der Waals surface area contributed by atoms with Crippen molar-refractivity contribution in [2.45, 2.75) is 29.3 Å². The first-order valence-electron chi connectivity index (χ1n) is 9.96. The molecule has 9 nitrogen and oxygen atoms in total. The van der Waals surface area contributed by atoms with Crippen LogP contribution in [0.3, 0.4) is 0 Å². The van der Waals surface area contributed by atoms with E-state index in [0.29, 0.717) is 11.3 Å². The van der Waals surface area contributed by atoms with Gasteiger partial charge in [0.15, 0.2) is 0 Å². The van der Waals surface area contributed by atoms with Crippen LogP contribution in [0.2, 0.25) is 0 Å². The number of rotatable bonds is 9. The van der Waals surface area contributed by atoms with E-state index in [-0.39, 0.29) is 22.2 Å². The molecule has 176 valence electrons. The van der Waals surface area contributed by atoms with Gasteiger partial charge in [0.05, 0.1) is 28.6 Å². The fourth-order valence-corrected chi connectivity index (χ4v) is 4.85. The molecule has 11 heteroatoms. The summed E-state index contributed by atoms with van der Waals surface area (Å²) in [4.78, 5) is 12.8. The second kappa shape index (κ2) is 9.87. The summed E-state index contributed by atoms with van der Waals surface area (Å²) in [7, 11) is -4.38. The average Bonchev–Trinajstić information content (AvgIpc) is 3.31. The van der Waals surface area contributed by atoms with Crippen molar-refractivity contribution < 1.29 is 26.0 Å². The van der Waals surface area contributed by atoms with Gasteiger partial charge in [0, 0.05) is 19.7 Å². The summed E-state index contributed by atoms with van der Waals surface area (Å²) < 4.78 is 57.9. The smallest absolute Gasteiger partial charge is 0.251 e. The van der Waals surface area contributed by atoms with Crippen LogP contribution in [0.5, 0.6) is 0 Å². The summed E-state index contributed by atoms with van der Waals surface area (Å²) in [5, 5.41) is 2.82. The maximum atomic E-state index is 12.6. The molecule has 3 rings (SSSR count). The summed E-state index contributed by atoms with van der Waals surface area (Å²) in [5.41, 5.74) is 1.01. The third-order valence-electron chi connectivity index (χ3n) is 4.95. The van der Waals surface area contributed by atoms with E-state index in [1.54, 1.807) is 31.2 Å². The highest BCUT2D eigenvalue weighted by molar-refractivity contribution is 7.89. The van der Waals surface area contributed by atoms with Crippen LogP contribution in [-0.2, 0) is 26.6 Å². The number of nitrogens with one attached hydrogen (secondary N) is 2. The molecule has 1 heterocycles. The molecule has 1 amide bonds. The number of nitrogens with zero attached hydrogens (tertiary/aromatic N) is 1. The van der Waals surface area contributed by atoms with Gasteiger partial charge in [-0.05, 0) is 61.0 Å². The van der Waals surface area contributed by atoms with Gasteiger partial charge in [-0.1, -0.05) is 12.1 Å². The van der Waals surface area contributed by atoms with E-state index < -0.39 is 26.1 Å². The van der Waals surface area contributed by atoms with Gasteiger partial charge in [0.2, 0.25) is 20.0 Å². The van der Waals surface area contributed by atoms with Gasteiger partial charge >= 0.3 is 0 Å². The van der Waals surface area contributed by atoms with Crippen LogP contribution in [0.4, 0.5) is 0 Å². The summed E-state index contributed by atoms with van der Waals surface area (Å²) in [5.74, 6) is 0.0934. The normalized spacial score (nSPS) is 13.1. The van der Waals surface area contributed by atoms with E-state index in [0.717, 1.165) is 9.87 Å². The van der Waals surface area contributed by atoms with Crippen molar-refractivity contribution in [3.8, 4) is 0 Å². The number of hydrogen-bond donors (Lipinski definition) is 2. The van der Waals surface area contributed by atoms with Gasteiger partial charge in [-0.2, -0.15) is 0 Å². The number of benzene rings is 2. The van der Waals surface area contributed by atoms with Crippen molar-refractivity contribution in [1.82, 2.24) is 14.3 Å². The molecule has 1 atom stereocenters. The van der Waals surface area contributed by atoms with Gasteiger partial charge in [0.1, 0.15) is 5.76 Å². The molecule has 0 aliphatic heterocycles. The van der Waals surface area contributed by atoms with Crippen molar-refractivity contribution in [2.75, 3.05) is 14.1 Å². The molecule has 0 aliphatic rings. The maximum absolute atomic E-state index is 12.6. The first-order chi connectivity index (χ1) is 15.5. The number of carbonyl (C=O) groups excluding carboxylic acids is 1. The SMILES string of the molecule is CC(NC(=O)c1ccc(S(=O)(=O)NCc2ccco2)cc1)c1ccc(S(=O)(=O)N(C)C)cc1. The van der Waals surface area contributed by atoms with Gasteiger partial charge < -0.3 is 9.73 Å². The lowest BCUT2D eigenvalue weighted by Crippen LogP contribution is -2.27. The van der Waals surface area contributed by atoms with E-state index >= 15 is 0 Å². The Morgan fingerprint density at radius 2 is 1.55 bits per heavy atom. The Labute approximate surface area is 193 Å². The quantitative estimate of drug-likeness (QED) is 0.474. The molecule has 33 heavy (non-hydrogen) atoms. The largest absolute Gasteiger partial charge is 0.468 e. The molecule has 3 aromatic rings. The molecule has 0 aliphatic carbocycles. The van der Waals surface area contributed by atoms with E-state index in [9.17, 15) is 21.6 Å². The highest BCUT2D eigenvalue weighted by atomic mass is 32.2. The van der Waals surface area contributed by atoms with Crippen molar-refractivity contribution in [3.05, 3.63) is 83.8 Å². The highest BCUT2D eigenvalue weighted by Crippen LogP contribution is 2.19. The van der Waals surface area contributed by atoms with E-state index in [1.807, 2.05) is 0 Å². The molecule has 1 unspecified atom stereocenters. The lowest BCUT2D eigenvalue weighted by atomic mass is 10.1. The summed E-state index contributed by atoms with van der Waals surface area (Å²) in [6.45, 7) is 1.79. The Kier molecular flexibility index (Phi) is 7.38. The Bertz CT molecular complexity index is 1300. The average molecular weight is 492 g/mol. The molecule has 0 radical (unpaired) electrons. The molecule has 0 saturated heterocycles. The Morgan fingerprint density at radius 1 is 0.939 bits per heavy atom. The predicted octanol–water partition coefficient (Wildman–Crippen LogP) is 2.50. The molecular formula is C22H25N3O6S2. The zero-order valence-corrected chi connectivity index (χ0v) is 20.0. The van der Waals surface area contributed by atoms with Crippen LogP contribution in [0.1, 0.15) is 34.6 Å². The first kappa shape index (κ1) is 24.6. The molecular weight excluding hydrogens is 466 g/mol. The second-order valence-corrected chi connectivity index (χ2v) is 11.4. The standard InChI is InChI=1S/C22H25N3O6S2/c1-16(17-6-12-21(13-7-17)33(29,30)25(2)3)24-22(26)18-8-10-20(11-9-18)32(27,28)23-15-19-5-4-14-31-19/h4-14,16,23H,15H2,1-3H3,(H,24,26). The topological polar surface area (TPSA) is 126 Å². The van der Waals surface area contributed by atoms with Crippen LogP contribution in [-0.4, -0.2) is 41.1 Å². The predicted molar refractivity (Wildman–Crippen MR) is 122 cm³/mol. The van der Waals surface area contributed by atoms with Crippen LogP contribution in [0, 0.1) is 0 Å². The van der Waals surface area contributed by atoms with Crippen molar-refractivity contribution in [1.29, 1.82) is 0 Å². The van der Waals surface area contributed by atoms with Crippen LogP contribution in [0.15, 0.2) is 81.1 Å². The summed E-state index contributed by atoms with van der Waals surface area (Å²) >= 11 is 0. The number of hydrogen-bond acceptors (Lipinski definition) is 6. The molecule has 0 saturated carbocycles. The van der Waals surface area contributed by atoms with Crippen LogP contribution in [0.25, 0.3) is 0 Å². The van der Waals surface area contributed by atoms with Gasteiger partial charge in [-0.15, -0.1) is 0 Å². The van der Waals surface area contributed by atoms with Gasteiger partial charge in [0.25, 0.3) is 5.91 Å². The summed E-state index contributed by atoms with van der Waals surface area (Å²) in [6.07, 6.45) is 1.46. The van der Waals surface area contributed by atoms with E-state index in [1.165, 1.54) is 56.8 Å². The van der Waals surface area contributed by atoms with E-state index in [2.05, 4.69) is 10.0 Å². The number of sulfonamides is 2. The molecule has 0 fully saturated rings. The van der Waals surface area contributed by atoms with Gasteiger partial charge in [-0.3, -0.25) is 4.79 Å². The van der Waals surface area contributed by atoms with E-state index in [4.69, 9.17) is 4.42 Å². The zero-order chi connectivity index (χ0) is 24.2. The molecule has 2 N–H and O–H groups in total. The van der Waals surface area contributed by atoms with Crippen molar-refractivity contribution in [3.63, 3.8) is 0 Å². The minimum atomic E-state index is -3.76. The maximum Gasteiger partial charge on any atom is 0.251 e. The summed E-state index contributed by atoms with van der Waals surface area (Å²) in [6, 6.07) is 14.7. The fourth-order valence-electron chi connectivity index (χ4n) is 2.95. The Morgan fingerprint density at radius 3 is 2.09 bits per heavy atom. The number of amides is 1. The Balaban J connectivity index is 1.64. The third-order valence-corrected chi connectivity index (χ3v) is 8.20. The monoisotopic (exact) mass is 491 g/mol. The van der Waals surface area contributed by atoms with Crippen LogP contribution < -0.4 is 10.0 Å². The van der Waals surface area contributed by atoms with Crippen molar-refractivity contribution in [2.24, 2.45) is 0 Å².